The van der Waals surface area contributed by atoms with Gasteiger partial charge in [0, 0.05) is 25.8 Å². The molecule has 0 spiro atoms. The Labute approximate surface area is 201 Å². The van der Waals surface area contributed by atoms with Gasteiger partial charge in [0.2, 0.25) is 0 Å². The van der Waals surface area contributed by atoms with Crippen LogP contribution < -0.4 is 21.1 Å². The number of halogens is 1. The molecule has 2 aromatic heterocycles. The number of carboxylic acids is 1. The molecule has 0 saturated carbocycles. The number of fused-ring (bicyclic) bond motifs is 2. The first kappa shape index (κ1) is 26.5. The van der Waals surface area contributed by atoms with Crippen LogP contribution >= 0.6 is 12.4 Å². The minimum Gasteiger partial charge on any atom is -0.482 e. The smallest absolute Gasteiger partial charge is 0.339 e. The number of H-pyrrole nitrogens is 1. The highest BCUT2D eigenvalue weighted by molar-refractivity contribution is 6.08. The van der Waals surface area contributed by atoms with E-state index in [4.69, 9.17) is 15.6 Å². The third-order valence-electron chi connectivity index (χ3n) is 4.61. The number of nitrogens with zero attached hydrogens (tertiary/aromatic N) is 3. The van der Waals surface area contributed by atoms with Crippen molar-refractivity contribution in [3.63, 3.8) is 0 Å². The van der Waals surface area contributed by atoms with Gasteiger partial charge in [-0.3, -0.25) is 9.59 Å². The summed E-state index contributed by atoms with van der Waals surface area (Å²) in [5, 5.41) is 14.6. The number of benzene rings is 1. The second kappa shape index (κ2) is 11.9. The highest BCUT2D eigenvalue weighted by atomic mass is 35.5. The molecule has 0 fully saturated rings. The largest absolute Gasteiger partial charge is 0.482 e. The lowest BCUT2D eigenvalue weighted by atomic mass is 10.1. The average molecular weight is 492 g/mol. The zero-order chi connectivity index (χ0) is 24.0. The fourth-order valence-corrected chi connectivity index (χ4v) is 3.04. The number of aromatic amines is 1. The number of carboxylic acid groups (broad SMARTS) is 1. The fraction of sp³-hybridized carbons (Fsp3) is 0.286. The lowest BCUT2D eigenvalue weighted by Crippen LogP contribution is -2.26. The number of nitrogens with one attached hydrogen (secondary N) is 3. The Hall–Kier alpha value is -3.74. The zero-order valence-corrected chi connectivity index (χ0v) is 19.4. The van der Waals surface area contributed by atoms with Gasteiger partial charge >= 0.3 is 5.97 Å². The van der Waals surface area contributed by atoms with Crippen molar-refractivity contribution in [1.29, 1.82) is 0 Å². The third-order valence-corrected chi connectivity index (χ3v) is 4.61. The molecule has 0 unspecified atom stereocenters. The predicted octanol–water partition coefficient (Wildman–Crippen LogP) is 0.846. The number of aromatic nitrogens is 3. The summed E-state index contributed by atoms with van der Waals surface area (Å²) in [6.45, 7) is 1.90. The van der Waals surface area contributed by atoms with Crippen LogP contribution in [-0.4, -0.2) is 76.5 Å². The standard InChI is InChI=1S/C17H13N5O5.C4H12N2.ClH/c23-12-6-27-11-2-1-8(3-10(11)22-12)4-19-16(24)15-14-13(20-7-21-15)9(5-18-14)17(25)26;1-6(2)4-3-5;/h1-3,5,7,18H,4,6H2,(H,19,24)(H,22,23)(H,25,26);3-5H2,1-2H3;1H. The van der Waals surface area contributed by atoms with Crippen molar-refractivity contribution in [3.05, 3.63) is 47.5 Å². The van der Waals surface area contributed by atoms with Gasteiger partial charge in [-0.25, -0.2) is 14.8 Å². The van der Waals surface area contributed by atoms with Gasteiger partial charge in [-0.2, -0.15) is 0 Å². The normalized spacial score (nSPS) is 11.9. The number of carbonyl (C=O) groups excluding carboxylic acids is 2. The van der Waals surface area contributed by atoms with Gasteiger partial charge in [0.05, 0.1) is 11.2 Å². The van der Waals surface area contributed by atoms with Gasteiger partial charge in [-0.1, -0.05) is 6.07 Å². The summed E-state index contributed by atoms with van der Waals surface area (Å²) in [5.41, 5.74) is 6.89. The topological polar surface area (TPSA) is 176 Å². The maximum atomic E-state index is 12.5. The zero-order valence-electron chi connectivity index (χ0n) is 18.6. The minimum absolute atomic E-state index is 0. The Morgan fingerprint density at radius 3 is 2.71 bits per heavy atom. The monoisotopic (exact) mass is 491 g/mol. The molecule has 34 heavy (non-hydrogen) atoms. The Morgan fingerprint density at radius 1 is 1.29 bits per heavy atom. The van der Waals surface area contributed by atoms with Crippen LogP contribution in [0.4, 0.5) is 5.69 Å². The molecule has 0 bridgehead atoms. The van der Waals surface area contributed by atoms with Crippen molar-refractivity contribution in [2.45, 2.75) is 6.54 Å². The van der Waals surface area contributed by atoms with E-state index in [-0.39, 0.29) is 53.8 Å². The van der Waals surface area contributed by atoms with E-state index in [1.807, 2.05) is 14.1 Å². The highest BCUT2D eigenvalue weighted by Crippen LogP contribution is 2.28. The van der Waals surface area contributed by atoms with Crippen molar-refractivity contribution in [1.82, 2.24) is 25.2 Å². The summed E-state index contributed by atoms with van der Waals surface area (Å²) in [7, 11) is 4.01. The van der Waals surface area contributed by atoms with E-state index in [1.165, 1.54) is 6.20 Å². The first-order valence-corrected chi connectivity index (χ1v) is 10.0. The lowest BCUT2D eigenvalue weighted by Gasteiger charge is -2.18. The van der Waals surface area contributed by atoms with E-state index in [1.54, 1.807) is 18.2 Å². The molecule has 3 heterocycles. The number of hydrogen-bond donors (Lipinski definition) is 5. The van der Waals surface area contributed by atoms with Crippen molar-refractivity contribution < 1.29 is 24.2 Å². The van der Waals surface area contributed by atoms with Gasteiger partial charge in [-0.15, -0.1) is 12.4 Å². The fourth-order valence-electron chi connectivity index (χ4n) is 3.04. The van der Waals surface area contributed by atoms with Crippen molar-refractivity contribution in [2.75, 3.05) is 39.1 Å². The van der Waals surface area contributed by atoms with Gasteiger partial charge in [0.15, 0.2) is 12.3 Å². The number of aromatic carboxylic acids is 1. The number of anilines is 1. The summed E-state index contributed by atoms with van der Waals surface area (Å²) in [4.78, 5) is 47.7. The molecule has 3 aromatic rings. The summed E-state index contributed by atoms with van der Waals surface area (Å²) in [6.07, 6.45) is 2.41. The molecule has 1 aliphatic heterocycles. The third kappa shape index (κ3) is 6.41. The first-order valence-electron chi connectivity index (χ1n) is 10.0. The molecular formula is C21H26ClN7O5. The van der Waals surface area contributed by atoms with E-state index in [0.29, 0.717) is 11.4 Å². The Morgan fingerprint density at radius 2 is 2.06 bits per heavy atom. The van der Waals surface area contributed by atoms with Gasteiger partial charge in [0.25, 0.3) is 11.8 Å². The van der Waals surface area contributed by atoms with Gasteiger partial charge in [0.1, 0.15) is 23.2 Å². The summed E-state index contributed by atoms with van der Waals surface area (Å²) >= 11 is 0. The van der Waals surface area contributed by atoms with Crippen LogP contribution in [0.25, 0.3) is 11.0 Å². The number of nitrogens with two attached hydrogens (primary N) is 1. The van der Waals surface area contributed by atoms with Crippen molar-refractivity contribution >= 4 is 46.9 Å². The average Bonchev–Trinajstić information content (AvgIpc) is 3.22. The van der Waals surface area contributed by atoms with Crippen LogP contribution in [0, 0.1) is 0 Å². The molecular weight excluding hydrogens is 466 g/mol. The van der Waals surface area contributed by atoms with E-state index in [0.717, 1.165) is 25.0 Å². The van der Waals surface area contributed by atoms with Crippen LogP contribution in [0.1, 0.15) is 26.4 Å². The molecule has 1 aliphatic rings. The molecule has 2 amide bonds. The van der Waals surface area contributed by atoms with Crippen molar-refractivity contribution in [2.24, 2.45) is 5.73 Å². The molecule has 0 saturated heterocycles. The van der Waals surface area contributed by atoms with Crippen LogP contribution in [0.15, 0.2) is 30.7 Å². The van der Waals surface area contributed by atoms with Crippen molar-refractivity contribution in [3.8, 4) is 5.75 Å². The van der Waals surface area contributed by atoms with E-state index in [2.05, 4.69) is 30.5 Å². The first-order chi connectivity index (χ1) is 15.8. The van der Waals surface area contributed by atoms with E-state index < -0.39 is 11.9 Å². The highest BCUT2D eigenvalue weighted by Gasteiger charge is 2.20. The molecule has 13 heteroatoms. The number of likely N-dealkylation sites (N-methyl/N-ethyl adjacent to an activating group) is 1. The van der Waals surface area contributed by atoms with Crippen LogP contribution in [0.3, 0.4) is 0 Å². The Bertz CT molecular complexity index is 1180. The number of rotatable bonds is 6. The van der Waals surface area contributed by atoms with Gasteiger partial charge in [-0.05, 0) is 31.8 Å². The molecule has 0 radical (unpaired) electrons. The minimum atomic E-state index is -1.15. The Balaban J connectivity index is 0.000000521. The SMILES string of the molecule is CN(C)CCN.Cl.O=C1COc2ccc(CNC(=O)c3ncnc4c(C(=O)O)c[nH]c34)cc2N1. The Kier molecular flexibility index (Phi) is 9.30. The summed E-state index contributed by atoms with van der Waals surface area (Å²) in [6, 6.07) is 5.19. The second-order valence-electron chi connectivity index (χ2n) is 7.40. The van der Waals surface area contributed by atoms with Crippen LogP contribution in [0.2, 0.25) is 0 Å². The second-order valence-corrected chi connectivity index (χ2v) is 7.40. The van der Waals surface area contributed by atoms with Gasteiger partial charge < -0.3 is 36.1 Å². The molecule has 6 N–H and O–H groups in total. The predicted molar refractivity (Wildman–Crippen MR) is 127 cm³/mol. The van der Waals surface area contributed by atoms with Crippen LogP contribution in [-0.2, 0) is 11.3 Å². The molecule has 12 nitrogen and oxygen atoms in total. The number of amides is 2. The number of carbonyl (C=O) groups is 3. The van der Waals surface area contributed by atoms with E-state index in [9.17, 15) is 14.4 Å². The quantitative estimate of drug-likeness (QED) is 0.334. The molecule has 0 aliphatic carbocycles. The molecule has 0 atom stereocenters. The maximum absolute atomic E-state index is 12.5. The molecule has 182 valence electrons. The number of hydrogen-bond acceptors (Lipinski definition) is 8. The van der Waals surface area contributed by atoms with Crippen LogP contribution in [0.5, 0.6) is 5.75 Å². The van der Waals surface area contributed by atoms with E-state index >= 15 is 0 Å². The lowest BCUT2D eigenvalue weighted by molar-refractivity contribution is -0.118. The molecule has 1 aromatic carbocycles. The molecule has 4 rings (SSSR count). The maximum Gasteiger partial charge on any atom is 0.339 e. The summed E-state index contributed by atoms with van der Waals surface area (Å²) < 4.78 is 5.29. The summed E-state index contributed by atoms with van der Waals surface area (Å²) in [5.74, 6) is -1.31. The number of ether oxygens (including phenoxy) is 1.